The van der Waals surface area contributed by atoms with Gasteiger partial charge in [-0.15, -0.1) is 0 Å². The second kappa shape index (κ2) is 4.86. The maximum absolute atomic E-state index is 12.0. The maximum Gasteiger partial charge on any atom is 0.326 e. The van der Waals surface area contributed by atoms with Crippen LogP contribution in [0, 0.1) is 0 Å². The summed E-state index contributed by atoms with van der Waals surface area (Å²) < 4.78 is 27.5. The largest absolute Gasteiger partial charge is 0.480 e. The number of aryl methyl sites for hydroxylation is 1. The lowest BCUT2D eigenvalue weighted by Gasteiger charge is -2.12. The molecule has 0 fully saturated rings. The molecule has 2 heterocycles. The van der Waals surface area contributed by atoms with Crippen LogP contribution < -0.4 is 4.72 Å². The summed E-state index contributed by atoms with van der Waals surface area (Å²) in [4.78, 5) is 13.8. The Morgan fingerprint density at radius 1 is 1.58 bits per heavy atom. The van der Waals surface area contributed by atoms with E-state index in [1.54, 1.807) is 7.05 Å². The number of rotatable bonds is 5. The quantitative estimate of drug-likeness (QED) is 0.706. The van der Waals surface area contributed by atoms with Crippen LogP contribution in [0.25, 0.3) is 0 Å². The molecule has 2 rings (SSSR count). The predicted octanol–water partition coefficient (Wildman–Crippen LogP) is -0.148. The molecule has 2 aromatic heterocycles. The summed E-state index contributed by atoms with van der Waals surface area (Å²) in [6.07, 6.45) is 5.45. The van der Waals surface area contributed by atoms with E-state index in [0.29, 0.717) is 0 Å². The molecule has 9 heteroatoms. The third kappa shape index (κ3) is 2.83. The Bertz CT molecular complexity index is 674. The fraction of sp³-hybridized carbons (Fsp3) is 0.200. The van der Waals surface area contributed by atoms with E-state index < -0.39 is 22.0 Å². The highest BCUT2D eigenvalue weighted by molar-refractivity contribution is 7.89. The number of aliphatic carboxylic acids is 1. The molecule has 0 radical (unpaired) electrons. The average Bonchev–Trinajstić information content (AvgIpc) is 2.96. The minimum absolute atomic E-state index is 0.0253. The summed E-state index contributed by atoms with van der Waals surface area (Å²) in [6.45, 7) is 0. The molecular formula is C10H12N4O4S. The van der Waals surface area contributed by atoms with E-state index in [1.165, 1.54) is 35.5 Å². The molecule has 19 heavy (non-hydrogen) atoms. The number of carboxylic acids is 1. The number of carbonyl (C=O) groups is 1. The highest BCUT2D eigenvalue weighted by atomic mass is 32.2. The first-order valence-electron chi connectivity index (χ1n) is 5.26. The van der Waals surface area contributed by atoms with Crippen molar-refractivity contribution in [3.05, 3.63) is 36.4 Å². The van der Waals surface area contributed by atoms with Crippen LogP contribution >= 0.6 is 0 Å². The number of carboxylic acid groups (broad SMARTS) is 1. The number of aromatic amines is 1. The number of H-pyrrole nitrogens is 1. The Morgan fingerprint density at radius 3 is 2.79 bits per heavy atom. The van der Waals surface area contributed by atoms with Gasteiger partial charge in [0, 0.05) is 31.2 Å². The van der Waals surface area contributed by atoms with Crippen molar-refractivity contribution < 1.29 is 18.3 Å². The van der Waals surface area contributed by atoms with Crippen molar-refractivity contribution in [2.45, 2.75) is 10.9 Å². The Kier molecular flexibility index (Phi) is 3.40. The summed E-state index contributed by atoms with van der Waals surface area (Å²) >= 11 is 0. The molecule has 1 unspecified atom stereocenters. The SMILES string of the molecule is Cn1cc(C(NS(=O)(=O)c2cc[nH]c2)C(=O)O)cn1. The number of sulfonamides is 1. The molecule has 1 atom stereocenters. The number of hydrogen-bond acceptors (Lipinski definition) is 4. The zero-order valence-electron chi connectivity index (χ0n) is 9.94. The number of hydrogen-bond donors (Lipinski definition) is 3. The molecule has 0 saturated carbocycles. The lowest BCUT2D eigenvalue weighted by Crippen LogP contribution is -2.33. The van der Waals surface area contributed by atoms with Crippen LogP contribution in [0.5, 0.6) is 0 Å². The van der Waals surface area contributed by atoms with Crippen molar-refractivity contribution in [1.29, 1.82) is 0 Å². The lowest BCUT2D eigenvalue weighted by molar-refractivity contribution is -0.139. The van der Waals surface area contributed by atoms with Gasteiger partial charge in [0.1, 0.15) is 6.04 Å². The normalized spacial score (nSPS) is 13.3. The van der Waals surface area contributed by atoms with E-state index >= 15 is 0 Å². The van der Waals surface area contributed by atoms with Crippen molar-refractivity contribution in [1.82, 2.24) is 19.5 Å². The van der Waals surface area contributed by atoms with Crippen LogP contribution in [0.1, 0.15) is 11.6 Å². The van der Waals surface area contributed by atoms with Gasteiger partial charge in [-0.05, 0) is 6.07 Å². The number of aromatic nitrogens is 3. The van der Waals surface area contributed by atoms with E-state index in [9.17, 15) is 13.2 Å². The Hall–Kier alpha value is -2.13. The van der Waals surface area contributed by atoms with Crippen LogP contribution in [0.4, 0.5) is 0 Å². The molecule has 0 amide bonds. The van der Waals surface area contributed by atoms with Gasteiger partial charge in [-0.25, -0.2) is 8.42 Å². The molecule has 3 N–H and O–H groups in total. The van der Waals surface area contributed by atoms with Gasteiger partial charge in [-0.1, -0.05) is 0 Å². The van der Waals surface area contributed by atoms with E-state index in [0.717, 1.165) is 0 Å². The standard InChI is InChI=1S/C10H12N4O4S/c1-14-6-7(4-12-14)9(10(15)16)13-19(17,18)8-2-3-11-5-8/h2-6,9,11,13H,1H3,(H,15,16). The van der Waals surface area contributed by atoms with Crippen LogP contribution in [-0.2, 0) is 21.9 Å². The van der Waals surface area contributed by atoms with Crippen LogP contribution in [0.2, 0.25) is 0 Å². The van der Waals surface area contributed by atoms with Gasteiger partial charge in [0.25, 0.3) is 0 Å². The smallest absolute Gasteiger partial charge is 0.326 e. The summed E-state index contributed by atoms with van der Waals surface area (Å²) in [6, 6.07) is -0.0431. The van der Waals surface area contributed by atoms with E-state index in [4.69, 9.17) is 5.11 Å². The van der Waals surface area contributed by atoms with Crippen molar-refractivity contribution in [2.24, 2.45) is 7.05 Å². The number of nitrogens with one attached hydrogen (secondary N) is 2. The molecular weight excluding hydrogens is 272 g/mol. The van der Waals surface area contributed by atoms with Crippen LogP contribution in [-0.4, -0.2) is 34.3 Å². The molecule has 0 aliphatic carbocycles. The molecule has 2 aromatic rings. The molecule has 0 saturated heterocycles. The summed E-state index contributed by atoms with van der Waals surface area (Å²) in [5, 5.41) is 13.0. The molecule has 0 aromatic carbocycles. The zero-order chi connectivity index (χ0) is 14.0. The van der Waals surface area contributed by atoms with Gasteiger partial charge in [0.15, 0.2) is 0 Å². The Morgan fingerprint density at radius 2 is 2.32 bits per heavy atom. The Labute approximate surface area is 109 Å². The van der Waals surface area contributed by atoms with Crippen molar-refractivity contribution in [3.63, 3.8) is 0 Å². The lowest BCUT2D eigenvalue weighted by atomic mass is 10.2. The van der Waals surface area contributed by atoms with Crippen LogP contribution in [0.15, 0.2) is 35.7 Å². The van der Waals surface area contributed by atoms with Crippen molar-refractivity contribution in [2.75, 3.05) is 0 Å². The van der Waals surface area contributed by atoms with Gasteiger partial charge >= 0.3 is 5.97 Å². The molecule has 102 valence electrons. The van der Waals surface area contributed by atoms with Gasteiger partial charge in [-0.2, -0.15) is 9.82 Å². The molecule has 0 bridgehead atoms. The summed E-state index contributed by atoms with van der Waals surface area (Å²) in [5.74, 6) is -1.30. The Balaban J connectivity index is 2.30. The van der Waals surface area contributed by atoms with Gasteiger partial charge < -0.3 is 10.1 Å². The molecule has 0 spiro atoms. The minimum atomic E-state index is -3.90. The van der Waals surface area contributed by atoms with Gasteiger partial charge in [-0.3, -0.25) is 9.48 Å². The first-order chi connectivity index (χ1) is 8.90. The van der Waals surface area contributed by atoms with Gasteiger partial charge in [0.2, 0.25) is 10.0 Å². The van der Waals surface area contributed by atoms with E-state index in [1.807, 2.05) is 0 Å². The molecule has 8 nitrogen and oxygen atoms in total. The average molecular weight is 284 g/mol. The second-order valence-corrected chi connectivity index (χ2v) is 5.60. The van der Waals surface area contributed by atoms with Crippen molar-refractivity contribution in [3.8, 4) is 0 Å². The third-order valence-electron chi connectivity index (χ3n) is 2.46. The van der Waals surface area contributed by atoms with Crippen molar-refractivity contribution >= 4 is 16.0 Å². The molecule has 0 aliphatic rings. The maximum atomic E-state index is 12.0. The monoisotopic (exact) mass is 284 g/mol. The first-order valence-corrected chi connectivity index (χ1v) is 6.75. The fourth-order valence-electron chi connectivity index (χ4n) is 1.55. The zero-order valence-corrected chi connectivity index (χ0v) is 10.8. The topological polar surface area (TPSA) is 117 Å². The predicted molar refractivity (Wildman–Crippen MR) is 64.7 cm³/mol. The molecule has 0 aliphatic heterocycles. The number of nitrogens with zero attached hydrogens (tertiary/aromatic N) is 2. The minimum Gasteiger partial charge on any atom is -0.480 e. The van der Waals surface area contributed by atoms with E-state index in [-0.39, 0.29) is 10.5 Å². The third-order valence-corrected chi connectivity index (χ3v) is 3.88. The fourth-order valence-corrected chi connectivity index (χ4v) is 2.70. The summed E-state index contributed by atoms with van der Waals surface area (Å²) in [7, 11) is -2.29. The second-order valence-electron chi connectivity index (χ2n) is 3.89. The van der Waals surface area contributed by atoms with Crippen LogP contribution in [0.3, 0.4) is 0 Å². The first kappa shape index (κ1) is 13.3. The van der Waals surface area contributed by atoms with E-state index in [2.05, 4.69) is 14.8 Å². The summed E-state index contributed by atoms with van der Waals surface area (Å²) in [5.41, 5.74) is 0.258. The highest BCUT2D eigenvalue weighted by Gasteiger charge is 2.28. The van der Waals surface area contributed by atoms with Gasteiger partial charge in [0.05, 0.1) is 11.1 Å². The highest BCUT2D eigenvalue weighted by Crippen LogP contribution is 2.16.